The first kappa shape index (κ1) is 14.2. The molecule has 0 radical (unpaired) electrons. The number of nitrogens with zero attached hydrogens (tertiary/aromatic N) is 1. The van der Waals surface area contributed by atoms with Gasteiger partial charge >= 0.3 is 0 Å². The lowest BCUT2D eigenvalue weighted by atomic mass is 10.1. The van der Waals surface area contributed by atoms with Gasteiger partial charge in [0.15, 0.2) is 11.6 Å². The Morgan fingerprint density at radius 2 is 2.10 bits per heavy atom. The summed E-state index contributed by atoms with van der Waals surface area (Å²) in [4.78, 5) is 0. The first-order valence-corrected chi connectivity index (χ1v) is 6.26. The van der Waals surface area contributed by atoms with Crippen molar-refractivity contribution >= 4 is 17.3 Å². The van der Waals surface area contributed by atoms with Crippen LogP contribution in [0.15, 0.2) is 30.3 Å². The summed E-state index contributed by atoms with van der Waals surface area (Å²) in [5.74, 6) is -0.394. The smallest absolute Gasteiger partial charge is 0.167 e. The minimum absolute atomic E-state index is 0.116. The summed E-state index contributed by atoms with van der Waals surface area (Å²) in [6, 6.07) is 9.63. The zero-order chi connectivity index (χ0) is 14.7. The van der Waals surface area contributed by atoms with Crippen molar-refractivity contribution in [3.05, 3.63) is 57.9 Å². The molecule has 2 N–H and O–H groups in total. The monoisotopic (exact) mass is 290 g/mol. The van der Waals surface area contributed by atoms with Gasteiger partial charge in [-0.2, -0.15) is 5.26 Å². The molecule has 0 saturated carbocycles. The Bertz CT molecular complexity index is 695. The molecule has 0 saturated heterocycles. The predicted octanol–water partition coefficient (Wildman–Crippen LogP) is 3.82. The highest BCUT2D eigenvalue weighted by atomic mass is 35.5. The predicted molar refractivity (Wildman–Crippen MR) is 76.0 cm³/mol. The van der Waals surface area contributed by atoms with E-state index in [2.05, 4.69) is 0 Å². The Hall–Kier alpha value is -2.25. The molecule has 2 aromatic rings. The number of hydrogen-bond acceptors (Lipinski definition) is 3. The summed E-state index contributed by atoms with van der Waals surface area (Å²) in [6.07, 6.45) is 0. The first-order valence-electron chi connectivity index (χ1n) is 5.88. The normalized spacial score (nSPS) is 10.1. The number of nitriles is 1. The molecule has 3 nitrogen and oxygen atoms in total. The van der Waals surface area contributed by atoms with Crippen LogP contribution in [0.1, 0.15) is 16.7 Å². The molecule has 0 aliphatic carbocycles. The van der Waals surface area contributed by atoms with Gasteiger partial charge in [0.1, 0.15) is 6.61 Å². The molecule has 0 bridgehead atoms. The van der Waals surface area contributed by atoms with Crippen LogP contribution >= 0.6 is 11.6 Å². The van der Waals surface area contributed by atoms with Crippen LogP contribution in [0.2, 0.25) is 5.02 Å². The van der Waals surface area contributed by atoms with E-state index in [1.54, 1.807) is 31.2 Å². The lowest BCUT2D eigenvalue weighted by Crippen LogP contribution is -2.00. The molecule has 0 fully saturated rings. The van der Waals surface area contributed by atoms with E-state index < -0.39 is 5.82 Å². The van der Waals surface area contributed by atoms with E-state index in [0.717, 1.165) is 5.56 Å². The Morgan fingerprint density at radius 1 is 1.35 bits per heavy atom. The molecule has 0 aliphatic rings. The summed E-state index contributed by atoms with van der Waals surface area (Å²) in [5, 5.41) is 9.17. The van der Waals surface area contributed by atoms with Gasteiger partial charge in [-0.1, -0.05) is 17.7 Å². The van der Waals surface area contributed by atoms with Crippen LogP contribution in [-0.2, 0) is 6.61 Å². The highest BCUT2D eigenvalue weighted by Crippen LogP contribution is 2.25. The van der Waals surface area contributed by atoms with Gasteiger partial charge in [0, 0.05) is 22.3 Å². The van der Waals surface area contributed by atoms with Gasteiger partial charge in [-0.3, -0.25) is 0 Å². The number of rotatable bonds is 3. The lowest BCUT2D eigenvalue weighted by Gasteiger charge is -2.10. The fourth-order valence-electron chi connectivity index (χ4n) is 1.67. The number of nitrogens with two attached hydrogens (primary N) is 1. The zero-order valence-corrected chi connectivity index (χ0v) is 11.5. The molecular weight excluding hydrogens is 279 g/mol. The summed E-state index contributed by atoms with van der Waals surface area (Å²) in [7, 11) is 0. The summed E-state index contributed by atoms with van der Waals surface area (Å²) in [5.41, 5.74) is 7.88. The molecule has 5 heteroatoms. The molecule has 0 spiro atoms. The second kappa shape index (κ2) is 5.81. The molecule has 0 heterocycles. The highest BCUT2D eigenvalue weighted by molar-refractivity contribution is 6.31. The van der Waals surface area contributed by atoms with Crippen LogP contribution in [0.3, 0.4) is 0 Å². The van der Waals surface area contributed by atoms with Crippen molar-refractivity contribution in [1.29, 1.82) is 5.26 Å². The summed E-state index contributed by atoms with van der Waals surface area (Å²) in [6.45, 7) is 1.89. The molecule has 2 aromatic carbocycles. The van der Waals surface area contributed by atoms with Crippen LogP contribution < -0.4 is 10.5 Å². The molecule has 0 unspecified atom stereocenters. The van der Waals surface area contributed by atoms with Crippen molar-refractivity contribution in [2.75, 3.05) is 5.73 Å². The molecule has 102 valence electrons. The molecular formula is C15H12ClFN2O. The van der Waals surface area contributed by atoms with Crippen LogP contribution in [0.4, 0.5) is 10.1 Å². The van der Waals surface area contributed by atoms with Crippen LogP contribution in [0.25, 0.3) is 0 Å². The van der Waals surface area contributed by atoms with Crippen LogP contribution in [-0.4, -0.2) is 0 Å². The maximum absolute atomic E-state index is 13.7. The van der Waals surface area contributed by atoms with E-state index in [9.17, 15) is 4.39 Å². The third kappa shape index (κ3) is 3.01. The molecule has 0 aromatic heterocycles. The first-order chi connectivity index (χ1) is 9.51. The minimum atomic E-state index is -0.516. The topological polar surface area (TPSA) is 59.0 Å². The highest BCUT2D eigenvalue weighted by Gasteiger charge is 2.08. The van der Waals surface area contributed by atoms with Gasteiger partial charge < -0.3 is 10.5 Å². The number of halogens is 2. The summed E-state index contributed by atoms with van der Waals surface area (Å²) < 4.78 is 19.1. The average Bonchev–Trinajstić information content (AvgIpc) is 2.42. The van der Waals surface area contributed by atoms with Gasteiger partial charge in [0.05, 0.1) is 11.6 Å². The Kier molecular flexibility index (Phi) is 4.11. The summed E-state index contributed by atoms with van der Waals surface area (Å²) >= 11 is 6.03. The average molecular weight is 291 g/mol. The quantitative estimate of drug-likeness (QED) is 0.874. The second-order valence-corrected chi connectivity index (χ2v) is 4.75. The van der Waals surface area contributed by atoms with E-state index >= 15 is 0 Å². The fourth-order valence-corrected chi connectivity index (χ4v) is 1.91. The van der Waals surface area contributed by atoms with Gasteiger partial charge in [-0.25, -0.2) is 4.39 Å². The van der Waals surface area contributed by atoms with Crippen molar-refractivity contribution in [2.45, 2.75) is 13.5 Å². The molecule has 0 amide bonds. The van der Waals surface area contributed by atoms with Crippen molar-refractivity contribution in [2.24, 2.45) is 0 Å². The van der Waals surface area contributed by atoms with Crippen LogP contribution in [0.5, 0.6) is 5.75 Å². The largest absolute Gasteiger partial charge is 0.486 e. The van der Waals surface area contributed by atoms with E-state index in [1.165, 1.54) is 6.07 Å². The number of aryl methyl sites for hydroxylation is 1. The lowest BCUT2D eigenvalue weighted by molar-refractivity contribution is 0.290. The van der Waals surface area contributed by atoms with Crippen molar-refractivity contribution in [3.63, 3.8) is 0 Å². The number of hydrogen-bond donors (Lipinski definition) is 1. The third-order valence-electron chi connectivity index (χ3n) is 2.89. The molecule has 2 rings (SSSR count). The number of ether oxygens (including phenoxy) is 1. The second-order valence-electron chi connectivity index (χ2n) is 4.35. The number of nitrogen functional groups attached to an aromatic ring is 1. The van der Waals surface area contributed by atoms with Gasteiger partial charge in [-0.05, 0) is 30.7 Å². The standard InChI is InChI=1S/C15H12ClFN2O/c1-9-4-15(13(17)6-14(9)19)20-8-11-3-2-10(7-18)5-12(11)16/h2-6H,8,19H2,1H3. The van der Waals surface area contributed by atoms with E-state index in [1.807, 2.05) is 6.07 Å². The Labute approximate surface area is 121 Å². The van der Waals surface area contributed by atoms with Crippen molar-refractivity contribution in [3.8, 4) is 11.8 Å². The Balaban J connectivity index is 2.17. The maximum atomic E-state index is 13.7. The van der Waals surface area contributed by atoms with E-state index in [0.29, 0.717) is 21.8 Å². The fraction of sp³-hybridized carbons (Fsp3) is 0.133. The van der Waals surface area contributed by atoms with E-state index in [-0.39, 0.29) is 12.4 Å². The van der Waals surface area contributed by atoms with Gasteiger partial charge in [-0.15, -0.1) is 0 Å². The molecule has 0 aliphatic heterocycles. The number of anilines is 1. The SMILES string of the molecule is Cc1cc(OCc2ccc(C#N)cc2Cl)c(F)cc1N. The van der Waals surface area contributed by atoms with Crippen molar-refractivity contribution < 1.29 is 9.13 Å². The third-order valence-corrected chi connectivity index (χ3v) is 3.24. The van der Waals surface area contributed by atoms with E-state index in [4.69, 9.17) is 27.3 Å². The minimum Gasteiger partial charge on any atom is -0.486 e. The number of benzene rings is 2. The zero-order valence-electron chi connectivity index (χ0n) is 10.8. The van der Waals surface area contributed by atoms with Crippen LogP contribution in [0, 0.1) is 24.1 Å². The van der Waals surface area contributed by atoms with Crippen molar-refractivity contribution in [1.82, 2.24) is 0 Å². The van der Waals surface area contributed by atoms with Gasteiger partial charge in [0.25, 0.3) is 0 Å². The maximum Gasteiger partial charge on any atom is 0.167 e. The molecule has 20 heavy (non-hydrogen) atoms. The Morgan fingerprint density at radius 3 is 2.75 bits per heavy atom. The molecule has 0 atom stereocenters. The van der Waals surface area contributed by atoms with Gasteiger partial charge in [0.2, 0.25) is 0 Å².